The number of carbonyl (C=O) groups excluding carboxylic acids is 3. The molecular formula is C25H22N4O4S. The lowest BCUT2D eigenvalue weighted by Gasteiger charge is -2.35. The van der Waals surface area contributed by atoms with Gasteiger partial charge in [0.25, 0.3) is 11.8 Å². The van der Waals surface area contributed by atoms with E-state index >= 15 is 0 Å². The average Bonchev–Trinajstić information content (AvgIpc) is 3.56. The first-order chi connectivity index (χ1) is 16.6. The second kappa shape index (κ2) is 9.48. The van der Waals surface area contributed by atoms with Gasteiger partial charge >= 0.3 is 0 Å². The molecule has 0 unspecified atom stereocenters. The van der Waals surface area contributed by atoms with Gasteiger partial charge in [-0.3, -0.25) is 19.7 Å². The molecule has 0 aliphatic carbocycles. The van der Waals surface area contributed by atoms with Crippen LogP contribution in [0.1, 0.15) is 26.6 Å². The summed E-state index contributed by atoms with van der Waals surface area (Å²) < 4.78 is 5.07. The van der Waals surface area contributed by atoms with Crippen LogP contribution in [-0.2, 0) is 11.2 Å². The molecule has 0 spiro atoms. The van der Waals surface area contributed by atoms with Crippen molar-refractivity contribution in [3.63, 3.8) is 0 Å². The van der Waals surface area contributed by atoms with E-state index in [9.17, 15) is 14.4 Å². The van der Waals surface area contributed by atoms with Crippen LogP contribution in [0.3, 0.4) is 0 Å². The Hall–Kier alpha value is -3.98. The van der Waals surface area contributed by atoms with Crippen molar-refractivity contribution in [1.29, 1.82) is 0 Å². The fourth-order valence-corrected chi connectivity index (χ4v) is 4.73. The van der Waals surface area contributed by atoms with Crippen LogP contribution in [0.4, 0.5) is 5.13 Å². The van der Waals surface area contributed by atoms with E-state index in [2.05, 4.69) is 10.3 Å². The van der Waals surface area contributed by atoms with Crippen molar-refractivity contribution in [3.05, 3.63) is 83.3 Å². The van der Waals surface area contributed by atoms with Crippen LogP contribution in [-0.4, -0.2) is 58.7 Å². The topological polar surface area (TPSA) is 95.8 Å². The van der Waals surface area contributed by atoms with Crippen LogP contribution < -0.4 is 5.32 Å². The number of nitrogens with one attached hydrogen (secondary N) is 1. The van der Waals surface area contributed by atoms with E-state index in [1.165, 1.54) is 17.6 Å². The Balaban J connectivity index is 1.16. The van der Waals surface area contributed by atoms with E-state index in [1.807, 2.05) is 42.5 Å². The van der Waals surface area contributed by atoms with Gasteiger partial charge in [-0.2, -0.15) is 0 Å². The molecule has 8 nitrogen and oxygen atoms in total. The van der Waals surface area contributed by atoms with Crippen molar-refractivity contribution in [2.75, 3.05) is 31.5 Å². The van der Waals surface area contributed by atoms with Gasteiger partial charge in [0, 0.05) is 37.1 Å². The Bertz CT molecular complexity index is 1330. The lowest BCUT2D eigenvalue weighted by Crippen LogP contribution is -2.51. The minimum Gasteiger partial charge on any atom is -0.459 e. The van der Waals surface area contributed by atoms with Gasteiger partial charge in [-0.25, -0.2) is 4.98 Å². The van der Waals surface area contributed by atoms with Crippen molar-refractivity contribution in [3.8, 4) is 0 Å². The zero-order chi connectivity index (χ0) is 23.5. The Labute approximate surface area is 199 Å². The van der Waals surface area contributed by atoms with E-state index in [1.54, 1.807) is 27.3 Å². The average molecular weight is 475 g/mol. The van der Waals surface area contributed by atoms with Gasteiger partial charge in [-0.1, -0.05) is 36.4 Å². The van der Waals surface area contributed by atoms with Crippen LogP contribution in [0.25, 0.3) is 10.8 Å². The molecule has 1 fully saturated rings. The van der Waals surface area contributed by atoms with E-state index in [0.717, 1.165) is 10.8 Å². The molecule has 2 aromatic carbocycles. The summed E-state index contributed by atoms with van der Waals surface area (Å²) in [5.74, 6) is -0.250. The van der Waals surface area contributed by atoms with Crippen molar-refractivity contribution in [1.82, 2.24) is 14.8 Å². The van der Waals surface area contributed by atoms with E-state index in [0.29, 0.717) is 42.6 Å². The standard InChI is InChI=1S/C25H22N4O4S/c30-22(15-18-16-34-25(26-18)27-23(31)21-9-4-14-33-21)28-10-12-29(13-11-28)24(32)20-8-3-6-17-5-1-2-7-19(17)20/h1-9,14,16H,10-13,15H2,(H,26,27,31). The number of benzene rings is 2. The van der Waals surface area contributed by atoms with Gasteiger partial charge in [0.1, 0.15) is 0 Å². The van der Waals surface area contributed by atoms with Crippen LogP contribution in [0.2, 0.25) is 0 Å². The molecule has 34 heavy (non-hydrogen) atoms. The number of aromatic nitrogens is 1. The summed E-state index contributed by atoms with van der Waals surface area (Å²) in [7, 11) is 0. The fraction of sp³-hybridized carbons (Fsp3) is 0.200. The third-order valence-electron chi connectivity index (χ3n) is 5.79. The first-order valence-corrected chi connectivity index (χ1v) is 11.8. The third-order valence-corrected chi connectivity index (χ3v) is 6.60. The molecule has 1 saturated heterocycles. The van der Waals surface area contributed by atoms with Gasteiger partial charge in [0.15, 0.2) is 10.9 Å². The number of furan rings is 1. The number of piperazine rings is 1. The number of thiazole rings is 1. The summed E-state index contributed by atoms with van der Waals surface area (Å²) in [6.07, 6.45) is 1.57. The van der Waals surface area contributed by atoms with Gasteiger partial charge in [-0.05, 0) is 29.0 Å². The van der Waals surface area contributed by atoms with Crippen molar-refractivity contribution >= 4 is 45.0 Å². The number of fused-ring (bicyclic) bond motifs is 1. The number of nitrogens with zero attached hydrogens (tertiary/aromatic N) is 3. The lowest BCUT2D eigenvalue weighted by molar-refractivity contribution is -0.132. The Morgan fingerprint density at radius 2 is 1.71 bits per heavy atom. The molecule has 1 aliphatic heterocycles. The summed E-state index contributed by atoms with van der Waals surface area (Å²) in [6.45, 7) is 1.91. The van der Waals surface area contributed by atoms with Gasteiger partial charge in [-0.15, -0.1) is 11.3 Å². The second-order valence-corrected chi connectivity index (χ2v) is 8.81. The zero-order valence-electron chi connectivity index (χ0n) is 18.3. The summed E-state index contributed by atoms with van der Waals surface area (Å²) >= 11 is 1.26. The maximum Gasteiger partial charge on any atom is 0.293 e. The van der Waals surface area contributed by atoms with Crippen LogP contribution in [0.15, 0.2) is 70.7 Å². The first-order valence-electron chi connectivity index (χ1n) is 10.9. The Morgan fingerprint density at radius 1 is 0.941 bits per heavy atom. The maximum atomic E-state index is 13.1. The highest BCUT2D eigenvalue weighted by atomic mass is 32.1. The summed E-state index contributed by atoms with van der Waals surface area (Å²) in [6, 6.07) is 16.8. The van der Waals surface area contributed by atoms with Gasteiger partial charge in [0.05, 0.1) is 18.4 Å². The first kappa shape index (κ1) is 21.8. The molecule has 1 N–H and O–H groups in total. The van der Waals surface area contributed by atoms with E-state index < -0.39 is 0 Å². The molecule has 0 saturated carbocycles. The largest absolute Gasteiger partial charge is 0.459 e. The van der Waals surface area contributed by atoms with E-state index in [-0.39, 0.29) is 29.9 Å². The number of hydrogen-bond acceptors (Lipinski definition) is 6. The van der Waals surface area contributed by atoms with Crippen molar-refractivity contribution in [2.24, 2.45) is 0 Å². The van der Waals surface area contributed by atoms with Crippen molar-refractivity contribution in [2.45, 2.75) is 6.42 Å². The molecule has 4 aromatic rings. The number of hydrogen-bond donors (Lipinski definition) is 1. The zero-order valence-corrected chi connectivity index (χ0v) is 19.1. The lowest BCUT2D eigenvalue weighted by atomic mass is 10.0. The maximum absolute atomic E-state index is 13.1. The quantitative estimate of drug-likeness (QED) is 0.476. The molecule has 0 atom stereocenters. The minimum absolute atomic E-state index is 0.0136. The molecule has 3 amide bonds. The fourth-order valence-electron chi connectivity index (χ4n) is 4.02. The second-order valence-electron chi connectivity index (χ2n) is 7.95. The number of rotatable bonds is 5. The van der Waals surface area contributed by atoms with Gasteiger partial charge < -0.3 is 14.2 Å². The molecule has 2 aromatic heterocycles. The van der Waals surface area contributed by atoms with Crippen molar-refractivity contribution < 1.29 is 18.8 Å². The van der Waals surface area contributed by atoms with Crippen LogP contribution in [0, 0.1) is 0 Å². The number of amides is 3. The van der Waals surface area contributed by atoms with E-state index in [4.69, 9.17) is 4.42 Å². The smallest absolute Gasteiger partial charge is 0.293 e. The predicted molar refractivity (Wildman–Crippen MR) is 129 cm³/mol. The number of anilines is 1. The molecular weight excluding hydrogens is 452 g/mol. The molecule has 172 valence electrons. The highest BCUT2D eigenvalue weighted by Crippen LogP contribution is 2.21. The normalized spacial score (nSPS) is 13.8. The minimum atomic E-state index is -0.385. The van der Waals surface area contributed by atoms with Crippen LogP contribution >= 0.6 is 11.3 Å². The van der Waals surface area contributed by atoms with Gasteiger partial charge in [0.2, 0.25) is 5.91 Å². The summed E-state index contributed by atoms with van der Waals surface area (Å²) in [5, 5.41) is 6.81. The van der Waals surface area contributed by atoms with Crippen LogP contribution in [0.5, 0.6) is 0 Å². The molecule has 0 bridgehead atoms. The Morgan fingerprint density at radius 3 is 2.50 bits per heavy atom. The number of carbonyl (C=O) groups is 3. The SMILES string of the molecule is O=C(Nc1nc(CC(=O)N2CCN(C(=O)c3cccc4ccccc34)CC2)cs1)c1ccco1. The Kier molecular flexibility index (Phi) is 6.09. The summed E-state index contributed by atoms with van der Waals surface area (Å²) in [5.41, 5.74) is 1.28. The molecule has 3 heterocycles. The highest BCUT2D eigenvalue weighted by molar-refractivity contribution is 7.14. The molecule has 0 radical (unpaired) electrons. The third kappa shape index (κ3) is 4.55. The molecule has 1 aliphatic rings. The monoisotopic (exact) mass is 474 g/mol. The highest BCUT2D eigenvalue weighted by Gasteiger charge is 2.26. The summed E-state index contributed by atoms with van der Waals surface area (Å²) in [4.78, 5) is 45.9. The predicted octanol–water partition coefficient (Wildman–Crippen LogP) is 3.67. The molecule has 9 heteroatoms. The molecule has 5 rings (SSSR count).